The van der Waals surface area contributed by atoms with Crippen LogP contribution in [0.1, 0.15) is 51.2 Å². The Hall–Kier alpha value is -3.39. The summed E-state index contributed by atoms with van der Waals surface area (Å²) in [6.07, 6.45) is 2.08. The Balaban J connectivity index is 2.36. The molecule has 2 rings (SSSR count). The highest BCUT2D eigenvalue weighted by atomic mass is 16.5. The third kappa shape index (κ3) is 6.55. The van der Waals surface area contributed by atoms with E-state index in [1.165, 1.54) is 7.11 Å². The first-order chi connectivity index (χ1) is 15.9. The number of nitrogens with one attached hydrogen (secondary N) is 1. The van der Waals surface area contributed by atoms with E-state index in [1.54, 1.807) is 4.90 Å². The zero-order valence-corrected chi connectivity index (χ0v) is 19.9. The van der Waals surface area contributed by atoms with E-state index in [-0.39, 0.29) is 11.8 Å². The molecule has 1 amide bonds. The number of carbonyl (C=O) groups is 2. The zero-order valence-electron chi connectivity index (χ0n) is 19.9. The number of unbranched alkanes of at least 4 members (excludes halogenated alkanes) is 1. The second-order valence-electron chi connectivity index (χ2n) is 8.20. The number of amides is 1. The van der Waals surface area contributed by atoms with Gasteiger partial charge in [0.15, 0.2) is 5.84 Å². The minimum Gasteiger partial charge on any atom is -0.467 e. The van der Waals surface area contributed by atoms with E-state index in [2.05, 4.69) is 10.5 Å². The molecule has 0 aliphatic carbocycles. The minimum atomic E-state index is -0.640. The number of carbonyl (C=O) groups excluding carboxylic acids is 2. The van der Waals surface area contributed by atoms with Gasteiger partial charge in [-0.25, -0.2) is 10.6 Å². The normalized spacial score (nSPS) is 12.4. The summed E-state index contributed by atoms with van der Waals surface area (Å²) in [5.74, 6) is 10.9. The fourth-order valence-electron chi connectivity index (χ4n) is 3.81. The largest absolute Gasteiger partial charge is 0.467 e. The predicted molar refractivity (Wildman–Crippen MR) is 131 cm³/mol. The fraction of sp³-hybridized carbons (Fsp3) is 0.400. The molecule has 1 unspecified atom stereocenters. The lowest BCUT2D eigenvalue weighted by molar-refractivity contribution is -0.155. The second kappa shape index (κ2) is 12.6. The van der Waals surface area contributed by atoms with Crippen molar-refractivity contribution in [2.45, 2.75) is 52.6 Å². The number of ether oxygens (including phenoxy) is 1. The third-order valence-electron chi connectivity index (χ3n) is 5.54. The van der Waals surface area contributed by atoms with Gasteiger partial charge in [0.25, 0.3) is 0 Å². The molecule has 0 saturated carbocycles. The molecule has 178 valence electrons. The van der Waals surface area contributed by atoms with E-state index in [0.717, 1.165) is 35.1 Å². The number of nitrogens with zero attached hydrogens (tertiary/aromatic N) is 2. The maximum absolute atomic E-state index is 13.0. The molecule has 8 heteroatoms. The van der Waals surface area contributed by atoms with Crippen LogP contribution < -0.4 is 17.1 Å². The van der Waals surface area contributed by atoms with Crippen molar-refractivity contribution in [2.24, 2.45) is 22.7 Å². The molecule has 0 aromatic heterocycles. The van der Waals surface area contributed by atoms with Crippen LogP contribution in [0.4, 0.5) is 0 Å². The lowest BCUT2D eigenvalue weighted by atomic mass is 9.97. The van der Waals surface area contributed by atoms with Gasteiger partial charge in [-0.05, 0) is 29.0 Å². The van der Waals surface area contributed by atoms with Crippen molar-refractivity contribution in [3.8, 4) is 11.1 Å². The topological polar surface area (TPSA) is 123 Å². The average molecular weight is 454 g/mol. The Kier molecular flexibility index (Phi) is 9.87. The van der Waals surface area contributed by atoms with Gasteiger partial charge in [-0.1, -0.05) is 75.7 Å². The number of hydrogen-bond donors (Lipinski definition) is 3. The SMILES string of the molecule is CCCCC(=O)N(Cc1ccc(-c2ccccc2C(=NN)NN)cc1)C(C(=O)OC)C(C)C. The van der Waals surface area contributed by atoms with E-state index in [1.807, 2.05) is 69.3 Å². The van der Waals surface area contributed by atoms with Crippen molar-refractivity contribution in [2.75, 3.05) is 7.11 Å². The van der Waals surface area contributed by atoms with Crippen LogP contribution >= 0.6 is 0 Å². The smallest absolute Gasteiger partial charge is 0.328 e. The zero-order chi connectivity index (χ0) is 24.4. The Bertz CT molecular complexity index is 957. The lowest BCUT2D eigenvalue weighted by Gasteiger charge is -2.32. The van der Waals surface area contributed by atoms with Gasteiger partial charge < -0.3 is 20.9 Å². The van der Waals surface area contributed by atoms with Crippen LogP contribution in [0.5, 0.6) is 0 Å². The van der Waals surface area contributed by atoms with E-state index in [0.29, 0.717) is 18.8 Å². The van der Waals surface area contributed by atoms with Crippen LogP contribution in [-0.2, 0) is 20.9 Å². The number of benzene rings is 2. The maximum atomic E-state index is 13.0. The molecule has 0 heterocycles. The number of esters is 1. The van der Waals surface area contributed by atoms with E-state index in [9.17, 15) is 9.59 Å². The quantitative estimate of drug-likeness (QED) is 0.167. The van der Waals surface area contributed by atoms with Crippen LogP contribution in [0, 0.1) is 5.92 Å². The second-order valence-corrected chi connectivity index (χ2v) is 8.20. The fourth-order valence-corrected chi connectivity index (χ4v) is 3.81. The molecule has 0 bridgehead atoms. The molecular weight excluding hydrogens is 418 g/mol. The first-order valence-corrected chi connectivity index (χ1v) is 11.2. The van der Waals surface area contributed by atoms with Crippen molar-refractivity contribution in [1.29, 1.82) is 0 Å². The van der Waals surface area contributed by atoms with Gasteiger partial charge in [0.05, 0.1) is 7.11 Å². The standard InChI is InChI=1S/C25H35N5O3/c1-5-6-11-22(31)30(23(17(2)3)25(32)33-4)16-18-12-14-19(15-13-18)20-9-7-8-10-21(20)24(28-26)29-27/h7-10,12-15,17,23H,5-6,11,16,26-27H2,1-4H3,(H,28,29). The van der Waals surface area contributed by atoms with E-state index >= 15 is 0 Å². The monoisotopic (exact) mass is 453 g/mol. The first-order valence-electron chi connectivity index (χ1n) is 11.2. The summed E-state index contributed by atoms with van der Waals surface area (Å²) >= 11 is 0. The van der Waals surface area contributed by atoms with Crippen LogP contribution in [0.25, 0.3) is 11.1 Å². The number of hydrazone groups is 1. The predicted octanol–water partition coefficient (Wildman–Crippen LogP) is 3.15. The van der Waals surface area contributed by atoms with Crippen LogP contribution in [-0.4, -0.2) is 35.8 Å². The van der Waals surface area contributed by atoms with Crippen molar-refractivity contribution in [1.82, 2.24) is 10.3 Å². The highest BCUT2D eigenvalue weighted by Gasteiger charge is 2.33. The van der Waals surface area contributed by atoms with Gasteiger partial charge in [0.2, 0.25) is 5.91 Å². The lowest BCUT2D eigenvalue weighted by Crippen LogP contribution is -2.48. The molecule has 0 radical (unpaired) electrons. The summed E-state index contributed by atoms with van der Waals surface area (Å²) in [5.41, 5.74) is 6.07. The molecule has 2 aromatic rings. The molecule has 8 nitrogen and oxygen atoms in total. The van der Waals surface area contributed by atoms with Crippen molar-refractivity contribution >= 4 is 17.7 Å². The Morgan fingerprint density at radius 2 is 1.79 bits per heavy atom. The molecule has 0 saturated heterocycles. The molecule has 0 aliphatic rings. The molecule has 5 N–H and O–H groups in total. The van der Waals surface area contributed by atoms with Gasteiger partial charge in [-0.3, -0.25) is 4.79 Å². The number of hydrogen-bond acceptors (Lipinski definition) is 6. The van der Waals surface area contributed by atoms with Crippen LogP contribution in [0.15, 0.2) is 53.6 Å². The Morgan fingerprint density at radius 1 is 1.12 bits per heavy atom. The molecule has 2 aromatic carbocycles. The number of nitrogens with two attached hydrogens (primary N) is 2. The highest BCUT2D eigenvalue weighted by molar-refractivity contribution is 6.04. The number of hydrazine groups is 1. The van der Waals surface area contributed by atoms with Gasteiger partial charge >= 0.3 is 5.97 Å². The first kappa shape index (κ1) is 25.9. The molecule has 1 atom stereocenters. The van der Waals surface area contributed by atoms with E-state index in [4.69, 9.17) is 16.4 Å². The maximum Gasteiger partial charge on any atom is 0.328 e. The third-order valence-corrected chi connectivity index (χ3v) is 5.54. The van der Waals surface area contributed by atoms with Gasteiger partial charge in [-0.15, -0.1) is 0 Å². The van der Waals surface area contributed by atoms with Crippen LogP contribution in [0.2, 0.25) is 0 Å². The van der Waals surface area contributed by atoms with Gasteiger partial charge in [0.1, 0.15) is 6.04 Å². The summed E-state index contributed by atoms with van der Waals surface area (Å²) in [6, 6.07) is 14.9. The van der Waals surface area contributed by atoms with E-state index < -0.39 is 12.0 Å². The summed E-state index contributed by atoms with van der Waals surface area (Å²) in [7, 11) is 1.35. The number of methoxy groups -OCH3 is 1. The van der Waals surface area contributed by atoms with Crippen LogP contribution in [0.3, 0.4) is 0 Å². The van der Waals surface area contributed by atoms with Gasteiger partial charge in [-0.2, -0.15) is 5.10 Å². The summed E-state index contributed by atoms with van der Waals surface area (Å²) in [4.78, 5) is 27.2. The summed E-state index contributed by atoms with van der Waals surface area (Å²) < 4.78 is 5.01. The molecule has 0 aliphatic heterocycles. The minimum absolute atomic E-state index is 0.0480. The van der Waals surface area contributed by atoms with Gasteiger partial charge in [0, 0.05) is 18.5 Å². The summed E-state index contributed by atoms with van der Waals surface area (Å²) in [5, 5.41) is 3.72. The number of rotatable bonds is 10. The van der Waals surface area contributed by atoms with Crippen molar-refractivity contribution in [3.05, 3.63) is 59.7 Å². The Morgan fingerprint density at radius 3 is 2.33 bits per heavy atom. The van der Waals surface area contributed by atoms with Crippen molar-refractivity contribution in [3.63, 3.8) is 0 Å². The number of amidine groups is 1. The Labute approximate surface area is 195 Å². The molecule has 0 spiro atoms. The summed E-state index contributed by atoms with van der Waals surface area (Å²) in [6.45, 7) is 6.20. The molecular formula is C25H35N5O3. The average Bonchev–Trinajstić information content (AvgIpc) is 2.83. The van der Waals surface area contributed by atoms with Crippen molar-refractivity contribution < 1.29 is 14.3 Å². The highest BCUT2D eigenvalue weighted by Crippen LogP contribution is 2.25. The molecule has 33 heavy (non-hydrogen) atoms. The molecule has 0 fully saturated rings.